The van der Waals surface area contributed by atoms with Gasteiger partial charge in [0.1, 0.15) is 13.2 Å². The molecule has 4 N–H and O–H groups in total. The van der Waals surface area contributed by atoms with Crippen LogP contribution in [0, 0.1) is 0 Å². The molecule has 0 fully saturated rings. The maximum atomic E-state index is 11.7. The molecular formula is C12H16N2O4. The molecule has 1 aromatic carbocycles. The van der Waals surface area contributed by atoms with E-state index in [2.05, 4.69) is 0 Å². The second-order valence-corrected chi connectivity index (χ2v) is 3.39. The molecule has 1 aromatic rings. The Morgan fingerprint density at radius 3 is 1.61 bits per heavy atom. The van der Waals surface area contributed by atoms with E-state index in [1.807, 2.05) is 0 Å². The minimum Gasteiger partial charge on any atom is -0.461 e. The van der Waals surface area contributed by atoms with E-state index in [-0.39, 0.29) is 37.4 Å². The van der Waals surface area contributed by atoms with Gasteiger partial charge in [-0.25, -0.2) is 9.59 Å². The molecule has 6 nitrogen and oxygen atoms in total. The van der Waals surface area contributed by atoms with Crippen LogP contribution in [0.25, 0.3) is 0 Å². The van der Waals surface area contributed by atoms with Gasteiger partial charge in [0.15, 0.2) is 0 Å². The van der Waals surface area contributed by atoms with Gasteiger partial charge in [-0.05, 0) is 12.1 Å². The SMILES string of the molecule is NCCOC(=O)c1ccccc1C(=O)OCCN. The Morgan fingerprint density at radius 2 is 1.28 bits per heavy atom. The van der Waals surface area contributed by atoms with E-state index in [1.54, 1.807) is 12.1 Å². The van der Waals surface area contributed by atoms with Crippen LogP contribution in [-0.4, -0.2) is 38.2 Å². The second kappa shape index (κ2) is 7.41. The van der Waals surface area contributed by atoms with E-state index in [0.717, 1.165) is 0 Å². The first-order valence-corrected chi connectivity index (χ1v) is 5.54. The van der Waals surface area contributed by atoms with Gasteiger partial charge in [-0.2, -0.15) is 0 Å². The molecule has 0 heterocycles. The fraction of sp³-hybridized carbons (Fsp3) is 0.333. The number of esters is 2. The van der Waals surface area contributed by atoms with Crippen molar-refractivity contribution in [3.05, 3.63) is 35.4 Å². The highest BCUT2D eigenvalue weighted by Gasteiger charge is 2.18. The van der Waals surface area contributed by atoms with Gasteiger partial charge < -0.3 is 20.9 Å². The first-order chi connectivity index (χ1) is 8.70. The van der Waals surface area contributed by atoms with E-state index >= 15 is 0 Å². The third kappa shape index (κ3) is 3.83. The molecule has 1 rings (SSSR count). The number of nitrogens with two attached hydrogens (primary N) is 2. The predicted molar refractivity (Wildman–Crippen MR) is 65.1 cm³/mol. The Hall–Kier alpha value is -1.92. The zero-order valence-corrected chi connectivity index (χ0v) is 9.93. The molecule has 0 saturated heterocycles. The largest absolute Gasteiger partial charge is 0.461 e. The van der Waals surface area contributed by atoms with Crippen LogP contribution in [-0.2, 0) is 9.47 Å². The van der Waals surface area contributed by atoms with Gasteiger partial charge in [0, 0.05) is 13.1 Å². The molecule has 0 aromatic heterocycles. The predicted octanol–water partition coefficient (Wildman–Crippen LogP) is -0.0824. The van der Waals surface area contributed by atoms with Gasteiger partial charge >= 0.3 is 11.9 Å². The number of ether oxygens (including phenoxy) is 2. The molecular weight excluding hydrogens is 236 g/mol. The normalized spacial score (nSPS) is 9.89. The molecule has 0 aliphatic rings. The molecule has 98 valence electrons. The zero-order chi connectivity index (χ0) is 13.4. The lowest BCUT2D eigenvalue weighted by atomic mass is 10.1. The van der Waals surface area contributed by atoms with Gasteiger partial charge in [-0.1, -0.05) is 12.1 Å². The van der Waals surface area contributed by atoms with Crippen LogP contribution in [0.4, 0.5) is 0 Å². The van der Waals surface area contributed by atoms with E-state index in [4.69, 9.17) is 20.9 Å². The van der Waals surface area contributed by atoms with Crippen molar-refractivity contribution in [2.24, 2.45) is 11.5 Å². The number of hydrogen-bond acceptors (Lipinski definition) is 6. The molecule has 0 aliphatic heterocycles. The highest BCUT2D eigenvalue weighted by Crippen LogP contribution is 2.11. The molecule has 0 bridgehead atoms. The molecule has 6 heteroatoms. The van der Waals surface area contributed by atoms with Crippen LogP contribution in [0.1, 0.15) is 20.7 Å². The van der Waals surface area contributed by atoms with E-state index in [1.165, 1.54) is 12.1 Å². The number of benzene rings is 1. The van der Waals surface area contributed by atoms with Crippen molar-refractivity contribution in [3.8, 4) is 0 Å². The van der Waals surface area contributed by atoms with Crippen LogP contribution in [0.5, 0.6) is 0 Å². The first-order valence-electron chi connectivity index (χ1n) is 5.54. The third-order valence-electron chi connectivity index (χ3n) is 2.07. The van der Waals surface area contributed by atoms with Gasteiger partial charge in [-0.15, -0.1) is 0 Å². The number of hydrogen-bond donors (Lipinski definition) is 2. The summed E-state index contributed by atoms with van der Waals surface area (Å²) in [7, 11) is 0. The van der Waals surface area contributed by atoms with Crippen molar-refractivity contribution >= 4 is 11.9 Å². The quantitative estimate of drug-likeness (QED) is 0.686. The smallest absolute Gasteiger partial charge is 0.339 e. The van der Waals surface area contributed by atoms with Crippen LogP contribution >= 0.6 is 0 Å². The third-order valence-corrected chi connectivity index (χ3v) is 2.07. The minimum absolute atomic E-state index is 0.102. The first kappa shape index (κ1) is 14.1. The Bertz CT molecular complexity index is 381. The zero-order valence-electron chi connectivity index (χ0n) is 9.93. The van der Waals surface area contributed by atoms with Crippen molar-refractivity contribution < 1.29 is 19.1 Å². The minimum atomic E-state index is -0.597. The van der Waals surface area contributed by atoms with Crippen molar-refractivity contribution in [2.75, 3.05) is 26.3 Å². The Balaban J connectivity index is 2.85. The Labute approximate surface area is 105 Å². The Kier molecular flexibility index (Phi) is 5.83. The fourth-order valence-corrected chi connectivity index (χ4v) is 1.30. The molecule has 0 radical (unpaired) electrons. The molecule has 0 saturated carbocycles. The summed E-state index contributed by atoms with van der Waals surface area (Å²) in [5.41, 5.74) is 10.8. The Morgan fingerprint density at radius 1 is 0.889 bits per heavy atom. The molecule has 0 aliphatic carbocycles. The molecule has 0 amide bonds. The van der Waals surface area contributed by atoms with Crippen molar-refractivity contribution in [2.45, 2.75) is 0 Å². The second-order valence-electron chi connectivity index (χ2n) is 3.39. The molecule has 18 heavy (non-hydrogen) atoms. The number of carbonyl (C=O) groups is 2. The maximum absolute atomic E-state index is 11.7. The topological polar surface area (TPSA) is 105 Å². The lowest BCUT2D eigenvalue weighted by Crippen LogP contribution is -2.19. The summed E-state index contributed by atoms with van der Waals surface area (Å²) < 4.78 is 9.75. The van der Waals surface area contributed by atoms with E-state index < -0.39 is 11.9 Å². The van der Waals surface area contributed by atoms with Crippen LogP contribution in [0.2, 0.25) is 0 Å². The van der Waals surface area contributed by atoms with Crippen LogP contribution in [0.15, 0.2) is 24.3 Å². The van der Waals surface area contributed by atoms with Gasteiger partial charge in [0.2, 0.25) is 0 Å². The van der Waals surface area contributed by atoms with Crippen molar-refractivity contribution in [1.82, 2.24) is 0 Å². The maximum Gasteiger partial charge on any atom is 0.339 e. The van der Waals surface area contributed by atoms with E-state index in [0.29, 0.717) is 0 Å². The molecule has 0 spiro atoms. The summed E-state index contributed by atoms with van der Waals surface area (Å²) in [6.07, 6.45) is 0. The number of carbonyl (C=O) groups excluding carboxylic acids is 2. The summed E-state index contributed by atoms with van der Waals surface area (Å²) in [4.78, 5) is 23.4. The average molecular weight is 252 g/mol. The fourth-order valence-electron chi connectivity index (χ4n) is 1.30. The summed E-state index contributed by atoms with van der Waals surface area (Å²) in [6, 6.07) is 6.27. The standard InChI is InChI=1S/C12H16N2O4/c13-5-7-17-11(15)9-3-1-2-4-10(9)12(16)18-8-6-14/h1-4H,5-8,13-14H2. The highest BCUT2D eigenvalue weighted by atomic mass is 16.5. The average Bonchev–Trinajstić information content (AvgIpc) is 2.42. The summed E-state index contributed by atoms with van der Waals surface area (Å²) in [6.45, 7) is 0.660. The van der Waals surface area contributed by atoms with Gasteiger partial charge in [0.25, 0.3) is 0 Å². The number of rotatable bonds is 6. The molecule has 0 atom stereocenters. The summed E-state index contributed by atoms with van der Waals surface area (Å²) in [5, 5.41) is 0. The van der Waals surface area contributed by atoms with Gasteiger partial charge in [0.05, 0.1) is 11.1 Å². The summed E-state index contributed by atoms with van der Waals surface area (Å²) in [5.74, 6) is -1.19. The van der Waals surface area contributed by atoms with Crippen LogP contribution < -0.4 is 11.5 Å². The monoisotopic (exact) mass is 252 g/mol. The van der Waals surface area contributed by atoms with Gasteiger partial charge in [-0.3, -0.25) is 0 Å². The summed E-state index contributed by atoms with van der Waals surface area (Å²) >= 11 is 0. The van der Waals surface area contributed by atoms with Crippen molar-refractivity contribution in [1.29, 1.82) is 0 Å². The van der Waals surface area contributed by atoms with E-state index in [9.17, 15) is 9.59 Å². The highest BCUT2D eigenvalue weighted by molar-refractivity contribution is 6.03. The van der Waals surface area contributed by atoms with Crippen LogP contribution in [0.3, 0.4) is 0 Å². The lowest BCUT2D eigenvalue weighted by molar-refractivity contribution is 0.0470. The lowest BCUT2D eigenvalue weighted by Gasteiger charge is -2.08. The molecule has 0 unspecified atom stereocenters. The van der Waals surface area contributed by atoms with Crippen molar-refractivity contribution in [3.63, 3.8) is 0 Å².